The van der Waals surface area contributed by atoms with Gasteiger partial charge in [0.2, 0.25) is 0 Å². The first-order valence-electron chi connectivity index (χ1n) is 7.23. The van der Waals surface area contributed by atoms with Crippen molar-refractivity contribution in [2.24, 2.45) is 0 Å². The van der Waals surface area contributed by atoms with Crippen LogP contribution in [0.25, 0.3) is 0 Å². The molecule has 0 amide bonds. The van der Waals surface area contributed by atoms with Crippen molar-refractivity contribution in [3.63, 3.8) is 0 Å². The topological polar surface area (TPSA) is 15.3 Å². The standard InChI is InChI=1S/C18H23FN2/c1-13-9-10-18(14(2)11-13)21(4)12-17(20-3)15-7-5-6-8-16(15)19/h5-11,17,20H,12H2,1-4H3. The molecule has 0 saturated heterocycles. The van der Waals surface area contributed by atoms with E-state index in [9.17, 15) is 4.39 Å². The first-order chi connectivity index (χ1) is 10.0. The van der Waals surface area contributed by atoms with Crippen LogP contribution in [0.3, 0.4) is 0 Å². The van der Waals surface area contributed by atoms with E-state index in [0.717, 1.165) is 0 Å². The fraction of sp³-hybridized carbons (Fsp3) is 0.333. The summed E-state index contributed by atoms with van der Waals surface area (Å²) in [6.45, 7) is 4.91. The highest BCUT2D eigenvalue weighted by atomic mass is 19.1. The lowest BCUT2D eigenvalue weighted by Gasteiger charge is -2.27. The third kappa shape index (κ3) is 3.61. The molecule has 0 aromatic heterocycles. The summed E-state index contributed by atoms with van der Waals surface area (Å²) in [5.41, 5.74) is 4.37. The van der Waals surface area contributed by atoms with Crippen molar-refractivity contribution >= 4 is 5.69 Å². The van der Waals surface area contributed by atoms with Gasteiger partial charge in [-0.2, -0.15) is 0 Å². The first kappa shape index (κ1) is 15.5. The highest BCUT2D eigenvalue weighted by Gasteiger charge is 2.16. The van der Waals surface area contributed by atoms with Gasteiger partial charge in [-0.25, -0.2) is 4.39 Å². The molecule has 0 spiro atoms. The van der Waals surface area contributed by atoms with E-state index in [0.29, 0.717) is 12.1 Å². The number of likely N-dealkylation sites (N-methyl/N-ethyl adjacent to an activating group) is 2. The number of nitrogens with one attached hydrogen (secondary N) is 1. The van der Waals surface area contributed by atoms with Crippen LogP contribution in [0.15, 0.2) is 42.5 Å². The van der Waals surface area contributed by atoms with Crippen molar-refractivity contribution in [2.45, 2.75) is 19.9 Å². The average Bonchev–Trinajstić information content (AvgIpc) is 2.45. The number of hydrogen-bond donors (Lipinski definition) is 1. The molecule has 1 N–H and O–H groups in total. The molecule has 0 aliphatic carbocycles. The van der Waals surface area contributed by atoms with Gasteiger partial charge in [-0.15, -0.1) is 0 Å². The van der Waals surface area contributed by atoms with Gasteiger partial charge in [0.05, 0.1) is 6.04 Å². The summed E-state index contributed by atoms with van der Waals surface area (Å²) in [7, 11) is 3.91. The molecule has 21 heavy (non-hydrogen) atoms. The lowest BCUT2D eigenvalue weighted by molar-refractivity contribution is 0.534. The van der Waals surface area contributed by atoms with Gasteiger partial charge >= 0.3 is 0 Å². The monoisotopic (exact) mass is 286 g/mol. The van der Waals surface area contributed by atoms with E-state index < -0.39 is 0 Å². The van der Waals surface area contributed by atoms with Gasteiger partial charge in [0.15, 0.2) is 0 Å². The Hall–Kier alpha value is -1.87. The third-order valence-corrected chi connectivity index (χ3v) is 3.85. The van der Waals surface area contributed by atoms with E-state index in [1.807, 2.05) is 26.2 Å². The summed E-state index contributed by atoms with van der Waals surface area (Å²) in [6, 6.07) is 13.3. The van der Waals surface area contributed by atoms with E-state index in [-0.39, 0.29) is 11.9 Å². The second-order valence-electron chi connectivity index (χ2n) is 5.53. The Bertz CT molecular complexity index is 610. The van der Waals surface area contributed by atoms with Gasteiger partial charge in [-0.3, -0.25) is 0 Å². The summed E-state index contributed by atoms with van der Waals surface area (Å²) in [5, 5.41) is 3.21. The molecule has 0 heterocycles. The SMILES string of the molecule is CNC(CN(C)c1ccc(C)cc1C)c1ccccc1F. The number of rotatable bonds is 5. The Kier molecular flexibility index (Phi) is 4.97. The molecule has 2 aromatic carbocycles. The minimum atomic E-state index is -0.161. The van der Waals surface area contributed by atoms with Gasteiger partial charge in [0, 0.05) is 24.8 Å². The molecular weight excluding hydrogens is 263 g/mol. The van der Waals surface area contributed by atoms with Gasteiger partial charge in [-0.05, 0) is 38.6 Å². The minimum absolute atomic E-state index is 0.0445. The lowest BCUT2D eigenvalue weighted by Crippen LogP contribution is -2.32. The molecule has 0 bridgehead atoms. The molecule has 0 saturated carbocycles. The molecule has 0 aliphatic heterocycles. The molecular formula is C18H23FN2. The molecule has 0 fully saturated rings. The fourth-order valence-corrected chi connectivity index (χ4v) is 2.71. The number of halogens is 1. The van der Waals surface area contributed by atoms with E-state index in [1.54, 1.807) is 6.07 Å². The molecule has 1 unspecified atom stereocenters. The maximum absolute atomic E-state index is 14.0. The van der Waals surface area contributed by atoms with Crippen molar-refractivity contribution in [3.8, 4) is 0 Å². The zero-order valence-electron chi connectivity index (χ0n) is 13.2. The van der Waals surface area contributed by atoms with Crippen LogP contribution in [-0.4, -0.2) is 20.6 Å². The Morgan fingerprint density at radius 2 is 1.86 bits per heavy atom. The Labute approximate surface area is 126 Å². The maximum atomic E-state index is 14.0. The lowest BCUT2D eigenvalue weighted by atomic mass is 10.0. The van der Waals surface area contributed by atoms with Crippen molar-refractivity contribution in [1.29, 1.82) is 0 Å². The van der Waals surface area contributed by atoms with Crippen LogP contribution in [0, 0.1) is 19.7 Å². The molecule has 2 rings (SSSR count). The van der Waals surface area contributed by atoms with E-state index in [1.165, 1.54) is 22.9 Å². The van der Waals surface area contributed by atoms with Crippen LogP contribution in [0.4, 0.5) is 10.1 Å². The molecule has 3 heteroatoms. The quantitative estimate of drug-likeness (QED) is 0.898. The summed E-state index contributed by atoms with van der Waals surface area (Å²) < 4.78 is 14.0. The van der Waals surface area contributed by atoms with E-state index >= 15 is 0 Å². The Morgan fingerprint density at radius 3 is 2.48 bits per heavy atom. The molecule has 2 aromatic rings. The highest BCUT2D eigenvalue weighted by molar-refractivity contribution is 5.54. The van der Waals surface area contributed by atoms with Gasteiger partial charge < -0.3 is 10.2 Å². The summed E-state index contributed by atoms with van der Waals surface area (Å²) in [5.74, 6) is -0.161. The number of benzene rings is 2. The molecule has 112 valence electrons. The van der Waals surface area contributed by atoms with Crippen molar-refractivity contribution < 1.29 is 4.39 Å². The normalized spacial score (nSPS) is 12.2. The van der Waals surface area contributed by atoms with Gasteiger partial charge in [-0.1, -0.05) is 35.9 Å². The smallest absolute Gasteiger partial charge is 0.128 e. The van der Waals surface area contributed by atoms with E-state index in [4.69, 9.17) is 0 Å². The van der Waals surface area contributed by atoms with Crippen LogP contribution in [-0.2, 0) is 0 Å². The Morgan fingerprint density at radius 1 is 1.14 bits per heavy atom. The number of hydrogen-bond acceptors (Lipinski definition) is 2. The number of aryl methyl sites for hydroxylation is 2. The predicted octanol–water partition coefficient (Wildman–Crippen LogP) is 3.84. The average molecular weight is 286 g/mol. The van der Waals surface area contributed by atoms with Crippen LogP contribution in [0.5, 0.6) is 0 Å². The molecule has 0 aliphatic rings. The van der Waals surface area contributed by atoms with Crippen molar-refractivity contribution in [3.05, 3.63) is 65.0 Å². The largest absolute Gasteiger partial charge is 0.372 e. The third-order valence-electron chi connectivity index (χ3n) is 3.85. The van der Waals surface area contributed by atoms with Crippen molar-refractivity contribution in [2.75, 3.05) is 25.5 Å². The van der Waals surface area contributed by atoms with Crippen LogP contribution < -0.4 is 10.2 Å². The minimum Gasteiger partial charge on any atom is -0.372 e. The number of nitrogens with zero attached hydrogens (tertiary/aromatic N) is 1. The van der Waals surface area contributed by atoms with E-state index in [2.05, 4.69) is 42.3 Å². The van der Waals surface area contributed by atoms with Crippen LogP contribution >= 0.6 is 0 Å². The zero-order chi connectivity index (χ0) is 15.4. The Balaban J connectivity index is 2.20. The summed E-state index contributed by atoms with van der Waals surface area (Å²) in [6.07, 6.45) is 0. The summed E-state index contributed by atoms with van der Waals surface area (Å²) >= 11 is 0. The van der Waals surface area contributed by atoms with Gasteiger partial charge in [0.25, 0.3) is 0 Å². The highest BCUT2D eigenvalue weighted by Crippen LogP contribution is 2.23. The van der Waals surface area contributed by atoms with Crippen molar-refractivity contribution in [1.82, 2.24) is 5.32 Å². The summed E-state index contributed by atoms with van der Waals surface area (Å²) in [4.78, 5) is 2.17. The van der Waals surface area contributed by atoms with Crippen LogP contribution in [0.1, 0.15) is 22.7 Å². The predicted molar refractivity (Wildman–Crippen MR) is 87.4 cm³/mol. The van der Waals surface area contributed by atoms with Crippen LogP contribution in [0.2, 0.25) is 0 Å². The zero-order valence-corrected chi connectivity index (χ0v) is 13.2. The maximum Gasteiger partial charge on any atom is 0.128 e. The second-order valence-corrected chi connectivity index (χ2v) is 5.53. The number of anilines is 1. The molecule has 0 radical (unpaired) electrons. The first-order valence-corrected chi connectivity index (χ1v) is 7.23. The van der Waals surface area contributed by atoms with Gasteiger partial charge in [0.1, 0.15) is 5.82 Å². The fourth-order valence-electron chi connectivity index (χ4n) is 2.71. The molecule has 1 atom stereocenters. The molecule has 2 nitrogen and oxygen atoms in total. The second kappa shape index (κ2) is 6.72.